The summed E-state index contributed by atoms with van der Waals surface area (Å²) in [5.74, 6) is -0.386. The highest BCUT2D eigenvalue weighted by Crippen LogP contribution is 2.30. The van der Waals surface area contributed by atoms with Gasteiger partial charge in [0.1, 0.15) is 5.75 Å². The summed E-state index contributed by atoms with van der Waals surface area (Å²) in [6, 6.07) is 4.56. The Bertz CT molecular complexity index is 352. The fraction of sp³-hybridized carbons (Fsp3) is 0.400. The third kappa shape index (κ3) is 3.39. The van der Waals surface area contributed by atoms with Gasteiger partial charge in [-0.15, -0.1) is 13.2 Å². The van der Waals surface area contributed by atoms with Crippen LogP contribution in [0.1, 0.15) is 18.5 Å². The highest BCUT2D eigenvalue weighted by molar-refractivity contribution is 5.36. The van der Waals surface area contributed by atoms with Crippen LogP contribution in [0.25, 0.3) is 0 Å². The molecule has 0 unspecified atom stereocenters. The number of benzene rings is 1. The second-order valence-electron chi connectivity index (χ2n) is 3.35. The highest BCUT2D eigenvalue weighted by Gasteiger charge is 2.32. The molecule has 0 fully saturated rings. The van der Waals surface area contributed by atoms with E-state index in [1.54, 1.807) is 0 Å². The van der Waals surface area contributed by atoms with Gasteiger partial charge in [-0.3, -0.25) is 0 Å². The van der Waals surface area contributed by atoms with Gasteiger partial charge in [0.15, 0.2) is 0 Å². The summed E-state index contributed by atoms with van der Waals surface area (Å²) in [6.45, 7) is 1.40. The number of nitrogens with two attached hydrogens (primary N) is 1. The molecule has 90 valence electrons. The third-order valence-corrected chi connectivity index (χ3v) is 2.02. The van der Waals surface area contributed by atoms with E-state index in [0.29, 0.717) is 0 Å². The molecule has 1 rings (SSSR count). The largest absolute Gasteiger partial charge is 0.573 e. The number of ether oxygens (including phenoxy) is 1. The molecule has 6 heteroatoms. The molecule has 0 radical (unpaired) electrons. The molecule has 0 aliphatic carbocycles. The maximum atomic E-state index is 12.1. The van der Waals surface area contributed by atoms with Crippen molar-refractivity contribution in [3.05, 3.63) is 29.8 Å². The number of hydrogen-bond acceptors (Lipinski definition) is 3. The van der Waals surface area contributed by atoms with Gasteiger partial charge in [0, 0.05) is 5.56 Å². The Morgan fingerprint density at radius 3 is 2.38 bits per heavy atom. The molecule has 0 spiro atoms. The first kappa shape index (κ1) is 12.8. The zero-order chi connectivity index (χ0) is 12.3. The van der Waals surface area contributed by atoms with Crippen LogP contribution in [0.15, 0.2) is 24.3 Å². The molecule has 0 heterocycles. The van der Waals surface area contributed by atoms with Crippen LogP contribution in [0.5, 0.6) is 5.75 Å². The van der Waals surface area contributed by atoms with Crippen LogP contribution in [0.4, 0.5) is 13.2 Å². The van der Waals surface area contributed by atoms with Crippen LogP contribution >= 0.6 is 0 Å². The molecule has 0 aliphatic heterocycles. The molecular formula is C10H12F3NO2. The molecular weight excluding hydrogens is 223 g/mol. The van der Waals surface area contributed by atoms with E-state index in [-0.39, 0.29) is 11.3 Å². The molecule has 0 bridgehead atoms. The summed E-state index contributed by atoms with van der Waals surface area (Å²) >= 11 is 0. The average Bonchev–Trinajstić information content (AvgIpc) is 2.15. The van der Waals surface area contributed by atoms with Crippen LogP contribution in [0.2, 0.25) is 0 Å². The average molecular weight is 235 g/mol. The molecule has 16 heavy (non-hydrogen) atoms. The molecule has 0 saturated heterocycles. The lowest BCUT2D eigenvalue weighted by atomic mass is 10.0. The summed E-state index contributed by atoms with van der Waals surface area (Å²) < 4.78 is 40.0. The number of alkyl halides is 3. The van der Waals surface area contributed by atoms with Crippen molar-refractivity contribution < 1.29 is 23.0 Å². The maximum absolute atomic E-state index is 12.1. The lowest BCUT2D eigenvalue weighted by Crippen LogP contribution is -2.25. The van der Waals surface area contributed by atoms with Crippen LogP contribution in [-0.2, 0) is 0 Å². The number of halogens is 3. The topological polar surface area (TPSA) is 55.5 Å². The smallest absolute Gasteiger partial charge is 0.405 e. The number of hydrogen-bond donors (Lipinski definition) is 2. The lowest BCUT2D eigenvalue weighted by Gasteiger charge is -2.19. The molecule has 0 aromatic heterocycles. The number of aliphatic hydroxyl groups excluding tert-OH is 1. The van der Waals surface area contributed by atoms with E-state index < -0.39 is 18.5 Å². The Labute approximate surface area is 90.6 Å². The van der Waals surface area contributed by atoms with Gasteiger partial charge < -0.3 is 15.6 Å². The van der Waals surface area contributed by atoms with E-state index in [1.165, 1.54) is 25.1 Å². The minimum atomic E-state index is -4.77. The Morgan fingerprint density at radius 1 is 1.31 bits per heavy atom. The monoisotopic (exact) mass is 235 g/mol. The molecule has 0 aliphatic rings. The van der Waals surface area contributed by atoms with E-state index >= 15 is 0 Å². The van der Waals surface area contributed by atoms with Crippen molar-refractivity contribution in [1.82, 2.24) is 0 Å². The second-order valence-corrected chi connectivity index (χ2v) is 3.35. The predicted octanol–water partition coefficient (Wildman–Crippen LogP) is 1.97. The molecule has 3 N–H and O–H groups in total. The summed E-state index contributed by atoms with van der Waals surface area (Å²) in [5.41, 5.74) is 5.68. The zero-order valence-corrected chi connectivity index (χ0v) is 8.53. The summed E-state index contributed by atoms with van der Waals surface area (Å²) in [5, 5.41) is 9.24. The maximum Gasteiger partial charge on any atom is 0.573 e. The van der Waals surface area contributed by atoms with Gasteiger partial charge in [-0.1, -0.05) is 18.2 Å². The van der Waals surface area contributed by atoms with Crippen molar-refractivity contribution in [2.75, 3.05) is 0 Å². The molecule has 0 saturated carbocycles. The van der Waals surface area contributed by atoms with Gasteiger partial charge in [-0.05, 0) is 13.0 Å². The van der Waals surface area contributed by atoms with Gasteiger partial charge in [0.25, 0.3) is 0 Å². The van der Waals surface area contributed by atoms with Crippen molar-refractivity contribution in [1.29, 1.82) is 0 Å². The van der Waals surface area contributed by atoms with Gasteiger partial charge >= 0.3 is 6.36 Å². The third-order valence-electron chi connectivity index (χ3n) is 2.02. The highest BCUT2D eigenvalue weighted by atomic mass is 19.4. The van der Waals surface area contributed by atoms with Crippen LogP contribution in [0.3, 0.4) is 0 Å². The van der Waals surface area contributed by atoms with Crippen LogP contribution < -0.4 is 10.5 Å². The number of rotatable bonds is 3. The quantitative estimate of drug-likeness (QED) is 0.842. The van der Waals surface area contributed by atoms with E-state index in [1.807, 2.05) is 0 Å². The van der Waals surface area contributed by atoms with Crippen molar-refractivity contribution in [3.63, 3.8) is 0 Å². The summed E-state index contributed by atoms with van der Waals surface area (Å²) in [7, 11) is 0. The Morgan fingerprint density at radius 2 is 1.88 bits per heavy atom. The Balaban J connectivity index is 3.01. The number of para-hydroxylation sites is 1. The van der Waals surface area contributed by atoms with E-state index in [4.69, 9.17) is 5.73 Å². The Kier molecular flexibility index (Phi) is 3.77. The fourth-order valence-corrected chi connectivity index (χ4v) is 1.23. The van der Waals surface area contributed by atoms with Crippen LogP contribution in [-0.4, -0.2) is 17.6 Å². The minimum absolute atomic E-state index is 0.120. The summed E-state index contributed by atoms with van der Waals surface area (Å²) in [4.78, 5) is 0. The first-order valence-electron chi connectivity index (χ1n) is 4.59. The molecule has 3 nitrogen and oxygen atoms in total. The van der Waals surface area contributed by atoms with Crippen molar-refractivity contribution >= 4 is 0 Å². The summed E-state index contributed by atoms with van der Waals surface area (Å²) in [6.07, 6.45) is -5.73. The van der Waals surface area contributed by atoms with Crippen LogP contribution in [0, 0.1) is 0 Å². The normalized spacial score (nSPS) is 15.6. The predicted molar refractivity (Wildman–Crippen MR) is 51.7 cm³/mol. The van der Waals surface area contributed by atoms with E-state index in [2.05, 4.69) is 4.74 Å². The Hall–Kier alpha value is -1.27. The first-order valence-corrected chi connectivity index (χ1v) is 4.59. The molecule has 0 amide bonds. The SMILES string of the molecule is C[C@H](O)[C@H](N)c1ccccc1OC(F)(F)F. The van der Waals surface area contributed by atoms with E-state index in [9.17, 15) is 18.3 Å². The molecule has 1 aromatic carbocycles. The standard InChI is InChI=1S/C10H12F3NO2/c1-6(15)9(14)7-4-2-3-5-8(7)16-10(11,12)13/h2-6,9,15H,14H2,1H3/t6-,9-/m0/s1. The minimum Gasteiger partial charge on any atom is -0.405 e. The van der Waals surface area contributed by atoms with Crippen molar-refractivity contribution in [2.24, 2.45) is 5.73 Å². The van der Waals surface area contributed by atoms with Crippen molar-refractivity contribution in [2.45, 2.75) is 25.4 Å². The van der Waals surface area contributed by atoms with E-state index in [0.717, 1.165) is 6.07 Å². The second kappa shape index (κ2) is 4.71. The molecule has 1 aromatic rings. The van der Waals surface area contributed by atoms with Gasteiger partial charge in [0.2, 0.25) is 0 Å². The van der Waals surface area contributed by atoms with Gasteiger partial charge in [-0.25, -0.2) is 0 Å². The number of aliphatic hydroxyl groups is 1. The molecule has 2 atom stereocenters. The fourth-order valence-electron chi connectivity index (χ4n) is 1.23. The lowest BCUT2D eigenvalue weighted by molar-refractivity contribution is -0.275. The van der Waals surface area contributed by atoms with Gasteiger partial charge in [-0.2, -0.15) is 0 Å². The van der Waals surface area contributed by atoms with Crippen molar-refractivity contribution in [3.8, 4) is 5.75 Å². The first-order chi connectivity index (χ1) is 7.31. The van der Waals surface area contributed by atoms with Gasteiger partial charge in [0.05, 0.1) is 12.1 Å². The zero-order valence-electron chi connectivity index (χ0n) is 8.53.